The van der Waals surface area contributed by atoms with E-state index in [1.165, 1.54) is 0 Å². The molecule has 0 heterocycles. The molecule has 1 aliphatic carbocycles. The third kappa shape index (κ3) is 3.08. The van der Waals surface area contributed by atoms with Gasteiger partial charge in [0.05, 0.1) is 6.26 Å². The van der Waals surface area contributed by atoms with Crippen molar-refractivity contribution in [2.45, 2.75) is 37.8 Å². The van der Waals surface area contributed by atoms with Gasteiger partial charge in [0.15, 0.2) is 0 Å². The van der Waals surface area contributed by atoms with Crippen LogP contribution in [0.25, 0.3) is 0 Å². The Labute approximate surface area is 73.2 Å². The first-order valence-electron chi connectivity index (χ1n) is 4.11. The molecule has 0 unspecified atom stereocenters. The van der Waals surface area contributed by atoms with Crippen LogP contribution in [0.15, 0.2) is 0 Å². The van der Waals surface area contributed by atoms with Gasteiger partial charge in [-0.3, -0.25) is 0 Å². The van der Waals surface area contributed by atoms with E-state index in [4.69, 9.17) is 9.92 Å². The summed E-state index contributed by atoms with van der Waals surface area (Å²) in [5.41, 5.74) is 4.82. The largest absolute Gasteiger partial charge is 0.302 e. The van der Waals surface area contributed by atoms with Gasteiger partial charge in [-0.15, -0.1) is 0 Å². The lowest BCUT2D eigenvalue weighted by Gasteiger charge is -2.31. The van der Waals surface area contributed by atoms with Crippen LogP contribution >= 0.6 is 0 Å². The summed E-state index contributed by atoms with van der Waals surface area (Å²) in [5, 5.41) is 0. The molecular weight excluding hydrogens is 178 g/mol. The van der Waals surface area contributed by atoms with Gasteiger partial charge in [-0.1, -0.05) is 6.42 Å². The molecule has 5 heteroatoms. The highest BCUT2D eigenvalue weighted by Gasteiger charge is 2.31. The molecule has 12 heavy (non-hydrogen) atoms. The first kappa shape index (κ1) is 9.95. The predicted octanol–water partition coefficient (Wildman–Crippen LogP) is 0.582. The van der Waals surface area contributed by atoms with Crippen LogP contribution in [0, 0.1) is 0 Å². The first-order valence-corrected chi connectivity index (χ1v) is 5.92. The number of hydrogen-bond donors (Lipinski definition) is 1. The van der Waals surface area contributed by atoms with Crippen molar-refractivity contribution in [3.63, 3.8) is 0 Å². The van der Waals surface area contributed by atoms with Gasteiger partial charge in [0.2, 0.25) is 0 Å². The molecule has 0 amide bonds. The van der Waals surface area contributed by atoms with E-state index in [0.29, 0.717) is 12.8 Å². The Morgan fingerprint density at radius 2 is 1.75 bits per heavy atom. The summed E-state index contributed by atoms with van der Waals surface area (Å²) in [4.78, 5) is 0. The van der Waals surface area contributed by atoms with Crippen LogP contribution in [0.2, 0.25) is 0 Å². The van der Waals surface area contributed by atoms with E-state index in [-0.39, 0.29) is 0 Å². The zero-order valence-electron chi connectivity index (χ0n) is 7.25. The fourth-order valence-electron chi connectivity index (χ4n) is 1.54. The summed E-state index contributed by atoms with van der Waals surface area (Å²) in [6.07, 6.45) is 5.33. The van der Waals surface area contributed by atoms with E-state index in [0.717, 1.165) is 25.5 Å². The lowest BCUT2D eigenvalue weighted by molar-refractivity contribution is 0.0445. The molecule has 0 spiro atoms. The highest BCUT2D eigenvalue weighted by atomic mass is 32.2. The van der Waals surface area contributed by atoms with E-state index >= 15 is 0 Å². The van der Waals surface area contributed by atoms with Crippen molar-refractivity contribution >= 4 is 10.1 Å². The Hall–Kier alpha value is -0.130. The molecule has 0 aromatic heterocycles. The Morgan fingerprint density at radius 3 is 2.17 bits per heavy atom. The molecule has 0 bridgehead atoms. The molecule has 0 atom stereocenters. The monoisotopic (exact) mass is 193 g/mol. The third-order valence-electron chi connectivity index (χ3n) is 2.02. The van der Waals surface area contributed by atoms with Gasteiger partial charge in [-0.2, -0.15) is 8.42 Å². The Balaban J connectivity index is 2.59. The van der Waals surface area contributed by atoms with Crippen LogP contribution < -0.4 is 5.73 Å². The molecule has 1 fully saturated rings. The molecule has 72 valence electrons. The average molecular weight is 193 g/mol. The molecule has 1 saturated carbocycles. The van der Waals surface area contributed by atoms with Gasteiger partial charge < -0.3 is 5.73 Å². The van der Waals surface area contributed by atoms with Crippen LogP contribution in [0.3, 0.4) is 0 Å². The summed E-state index contributed by atoms with van der Waals surface area (Å²) < 4.78 is 26.4. The van der Waals surface area contributed by atoms with Gasteiger partial charge >= 0.3 is 0 Å². The molecule has 2 N–H and O–H groups in total. The predicted molar refractivity (Wildman–Crippen MR) is 45.9 cm³/mol. The van der Waals surface area contributed by atoms with Gasteiger partial charge in [0.25, 0.3) is 10.1 Å². The van der Waals surface area contributed by atoms with Crippen LogP contribution in [0.1, 0.15) is 32.1 Å². The maximum atomic E-state index is 10.8. The van der Waals surface area contributed by atoms with E-state index < -0.39 is 15.8 Å². The van der Waals surface area contributed by atoms with Gasteiger partial charge in [-0.05, 0) is 25.7 Å². The summed E-state index contributed by atoms with van der Waals surface area (Å²) in [5.74, 6) is 0. The zero-order valence-corrected chi connectivity index (χ0v) is 8.06. The topological polar surface area (TPSA) is 69.4 Å². The second-order valence-corrected chi connectivity index (χ2v) is 4.99. The molecular formula is C7H15NO3S. The molecule has 4 nitrogen and oxygen atoms in total. The number of rotatable bonds is 2. The van der Waals surface area contributed by atoms with E-state index in [1.807, 2.05) is 0 Å². The lowest BCUT2D eigenvalue weighted by Crippen LogP contribution is -2.45. The Bertz CT molecular complexity index is 241. The highest BCUT2D eigenvalue weighted by Crippen LogP contribution is 2.27. The van der Waals surface area contributed by atoms with Crippen molar-refractivity contribution in [2.75, 3.05) is 6.26 Å². The second kappa shape index (κ2) is 3.32. The van der Waals surface area contributed by atoms with Gasteiger partial charge in [0.1, 0.15) is 5.72 Å². The molecule has 0 aliphatic heterocycles. The van der Waals surface area contributed by atoms with Crippen molar-refractivity contribution in [2.24, 2.45) is 5.73 Å². The van der Waals surface area contributed by atoms with Crippen LogP contribution in [0.5, 0.6) is 0 Å². The van der Waals surface area contributed by atoms with Crippen LogP contribution in [0.4, 0.5) is 0 Å². The molecule has 1 rings (SSSR count). The minimum absolute atomic E-state index is 0.639. The summed E-state index contributed by atoms with van der Waals surface area (Å²) in [6, 6.07) is 0. The Kier molecular flexibility index (Phi) is 2.75. The average Bonchev–Trinajstić information content (AvgIpc) is 1.83. The molecule has 1 aliphatic rings. The minimum Gasteiger partial charge on any atom is -0.302 e. The van der Waals surface area contributed by atoms with Crippen LogP contribution in [-0.4, -0.2) is 20.4 Å². The maximum absolute atomic E-state index is 10.8. The highest BCUT2D eigenvalue weighted by molar-refractivity contribution is 7.86. The lowest BCUT2D eigenvalue weighted by atomic mass is 9.93. The van der Waals surface area contributed by atoms with Crippen molar-refractivity contribution in [1.82, 2.24) is 0 Å². The molecule has 0 aromatic carbocycles. The Morgan fingerprint density at radius 1 is 1.25 bits per heavy atom. The normalized spacial score (nSPS) is 23.8. The van der Waals surface area contributed by atoms with Crippen molar-refractivity contribution in [3.8, 4) is 0 Å². The first-order chi connectivity index (χ1) is 5.41. The number of nitrogens with two attached hydrogens (primary N) is 1. The van der Waals surface area contributed by atoms with Crippen LogP contribution in [-0.2, 0) is 14.3 Å². The van der Waals surface area contributed by atoms with E-state index in [9.17, 15) is 8.42 Å². The van der Waals surface area contributed by atoms with Gasteiger partial charge in [-0.25, -0.2) is 4.18 Å². The number of hydrogen-bond acceptors (Lipinski definition) is 4. The second-order valence-electron chi connectivity index (χ2n) is 3.41. The van der Waals surface area contributed by atoms with Gasteiger partial charge in [0, 0.05) is 0 Å². The summed E-state index contributed by atoms with van der Waals surface area (Å²) >= 11 is 0. The molecule has 0 radical (unpaired) electrons. The SMILES string of the molecule is CS(=O)(=O)OC1(N)CCCCC1. The quantitative estimate of drug-likeness (QED) is 0.514. The van der Waals surface area contributed by atoms with Crippen molar-refractivity contribution < 1.29 is 12.6 Å². The maximum Gasteiger partial charge on any atom is 0.266 e. The third-order valence-corrected chi connectivity index (χ3v) is 2.65. The minimum atomic E-state index is -3.41. The van der Waals surface area contributed by atoms with E-state index in [1.54, 1.807) is 0 Å². The van der Waals surface area contributed by atoms with Crippen molar-refractivity contribution in [3.05, 3.63) is 0 Å². The summed E-state index contributed by atoms with van der Waals surface area (Å²) in [6.45, 7) is 0. The molecule has 0 saturated heterocycles. The fourth-order valence-corrected chi connectivity index (χ4v) is 2.30. The smallest absolute Gasteiger partial charge is 0.266 e. The standard InChI is InChI=1S/C7H15NO3S/c1-12(9,10)11-7(8)5-3-2-4-6-7/h2-6,8H2,1H3. The fraction of sp³-hybridized carbons (Fsp3) is 1.00. The van der Waals surface area contributed by atoms with Crippen molar-refractivity contribution in [1.29, 1.82) is 0 Å². The molecule has 0 aromatic rings. The summed E-state index contributed by atoms with van der Waals surface area (Å²) in [7, 11) is -3.41. The van der Waals surface area contributed by atoms with E-state index in [2.05, 4.69) is 0 Å². The zero-order chi connectivity index (χ0) is 9.24.